The molecule has 0 radical (unpaired) electrons. The van der Waals surface area contributed by atoms with Crippen molar-refractivity contribution in [3.8, 4) is 0 Å². The van der Waals surface area contributed by atoms with Crippen molar-refractivity contribution in [1.29, 1.82) is 0 Å². The molecule has 14 heavy (non-hydrogen) atoms. The summed E-state index contributed by atoms with van der Waals surface area (Å²) in [5.41, 5.74) is 0. The van der Waals surface area contributed by atoms with Crippen molar-refractivity contribution in [2.75, 3.05) is 6.61 Å². The quantitative estimate of drug-likeness (QED) is 0.737. The van der Waals surface area contributed by atoms with Crippen LogP contribution in [0, 0.1) is 11.8 Å². The molecule has 0 aromatic carbocycles. The van der Waals surface area contributed by atoms with Gasteiger partial charge in [-0.15, -0.1) is 0 Å². The van der Waals surface area contributed by atoms with Gasteiger partial charge < -0.3 is 14.6 Å². The lowest BCUT2D eigenvalue weighted by molar-refractivity contribution is -0.298. The van der Waals surface area contributed by atoms with Crippen molar-refractivity contribution in [1.82, 2.24) is 0 Å². The number of ether oxygens (including phenoxy) is 2. The molecule has 3 unspecified atom stereocenters. The number of aliphatic carboxylic acids is 1. The van der Waals surface area contributed by atoms with Gasteiger partial charge in [-0.25, -0.2) is 0 Å². The first-order valence-corrected chi connectivity index (χ1v) is 4.88. The van der Waals surface area contributed by atoms with E-state index in [1.165, 1.54) is 0 Å². The van der Waals surface area contributed by atoms with Crippen LogP contribution in [0.5, 0.6) is 0 Å². The zero-order valence-corrected chi connectivity index (χ0v) is 9.11. The second-order valence-electron chi connectivity index (χ2n) is 4.40. The Morgan fingerprint density at radius 1 is 1.57 bits per heavy atom. The van der Waals surface area contributed by atoms with E-state index in [4.69, 9.17) is 14.6 Å². The SMILES string of the molecule is CC1COC(C)(C)OC1C(C)C(=O)O. The second kappa shape index (κ2) is 3.87. The number of rotatable bonds is 2. The molecule has 0 aromatic heterocycles. The van der Waals surface area contributed by atoms with Crippen molar-refractivity contribution in [3.63, 3.8) is 0 Å². The Labute approximate surface area is 84.2 Å². The van der Waals surface area contributed by atoms with Gasteiger partial charge in [0.05, 0.1) is 18.6 Å². The first-order valence-electron chi connectivity index (χ1n) is 4.88. The van der Waals surface area contributed by atoms with Gasteiger partial charge in [0.1, 0.15) is 0 Å². The van der Waals surface area contributed by atoms with Crippen molar-refractivity contribution in [3.05, 3.63) is 0 Å². The Morgan fingerprint density at radius 2 is 2.14 bits per heavy atom. The summed E-state index contributed by atoms with van der Waals surface area (Å²) in [6.45, 7) is 7.78. The molecule has 1 saturated heterocycles. The first kappa shape index (κ1) is 11.5. The van der Waals surface area contributed by atoms with E-state index in [1.807, 2.05) is 6.92 Å². The van der Waals surface area contributed by atoms with Gasteiger partial charge in [0.2, 0.25) is 0 Å². The van der Waals surface area contributed by atoms with Crippen LogP contribution < -0.4 is 0 Å². The molecular formula is C10H18O4. The van der Waals surface area contributed by atoms with Crippen LogP contribution in [-0.4, -0.2) is 29.6 Å². The fourth-order valence-electron chi connectivity index (χ4n) is 1.64. The Kier molecular flexibility index (Phi) is 3.17. The highest BCUT2D eigenvalue weighted by molar-refractivity contribution is 5.70. The molecule has 0 spiro atoms. The molecule has 1 rings (SSSR count). The minimum Gasteiger partial charge on any atom is -0.481 e. The third kappa shape index (κ3) is 2.45. The predicted molar refractivity (Wildman–Crippen MR) is 50.9 cm³/mol. The van der Waals surface area contributed by atoms with Crippen molar-refractivity contribution < 1.29 is 19.4 Å². The van der Waals surface area contributed by atoms with Gasteiger partial charge in [0.25, 0.3) is 0 Å². The van der Waals surface area contributed by atoms with E-state index in [2.05, 4.69) is 0 Å². The normalized spacial score (nSPS) is 33.7. The molecule has 3 atom stereocenters. The molecule has 1 heterocycles. The maximum Gasteiger partial charge on any atom is 0.308 e. The van der Waals surface area contributed by atoms with E-state index in [0.717, 1.165) is 0 Å². The molecule has 0 amide bonds. The van der Waals surface area contributed by atoms with Gasteiger partial charge in [-0.3, -0.25) is 4.79 Å². The summed E-state index contributed by atoms with van der Waals surface area (Å²) in [4.78, 5) is 10.8. The summed E-state index contributed by atoms with van der Waals surface area (Å²) in [7, 11) is 0. The summed E-state index contributed by atoms with van der Waals surface area (Å²) in [6, 6.07) is 0. The zero-order valence-electron chi connectivity index (χ0n) is 9.11. The first-order chi connectivity index (χ1) is 6.33. The van der Waals surface area contributed by atoms with Crippen LogP contribution in [0.15, 0.2) is 0 Å². The van der Waals surface area contributed by atoms with Gasteiger partial charge in [-0.1, -0.05) is 6.92 Å². The largest absolute Gasteiger partial charge is 0.481 e. The number of carboxylic acids is 1. The second-order valence-corrected chi connectivity index (χ2v) is 4.40. The number of carbonyl (C=O) groups is 1. The Balaban J connectivity index is 2.70. The van der Waals surface area contributed by atoms with Gasteiger partial charge >= 0.3 is 5.97 Å². The lowest BCUT2D eigenvalue weighted by Gasteiger charge is -2.41. The van der Waals surface area contributed by atoms with Crippen LogP contribution >= 0.6 is 0 Å². The monoisotopic (exact) mass is 202 g/mol. The van der Waals surface area contributed by atoms with Gasteiger partial charge in [0.15, 0.2) is 5.79 Å². The summed E-state index contributed by atoms with van der Waals surface area (Å²) in [5, 5.41) is 8.90. The van der Waals surface area contributed by atoms with E-state index in [1.54, 1.807) is 20.8 Å². The highest BCUT2D eigenvalue weighted by Crippen LogP contribution is 2.30. The average Bonchev–Trinajstić information content (AvgIpc) is 2.08. The lowest BCUT2D eigenvalue weighted by atomic mass is 9.92. The fourth-order valence-corrected chi connectivity index (χ4v) is 1.64. The van der Waals surface area contributed by atoms with Crippen LogP contribution in [0.3, 0.4) is 0 Å². The molecule has 82 valence electrons. The molecule has 0 aliphatic carbocycles. The highest BCUT2D eigenvalue weighted by Gasteiger charge is 2.39. The van der Waals surface area contributed by atoms with Crippen molar-refractivity contribution >= 4 is 5.97 Å². The van der Waals surface area contributed by atoms with Crippen LogP contribution in [0.25, 0.3) is 0 Å². The number of hydrogen-bond acceptors (Lipinski definition) is 3. The third-order valence-electron chi connectivity index (χ3n) is 2.56. The van der Waals surface area contributed by atoms with E-state index < -0.39 is 17.7 Å². The van der Waals surface area contributed by atoms with Crippen LogP contribution in [-0.2, 0) is 14.3 Å². The average molecular weight is 202 g/mol. The molecule has 0 bridgehead atoms. The van der Waals surface area contributed by atoms with Gasteiger partial charge in [-0.05, 0) is 20.8 Å². The van der Waals surface area contributed by atoms with Crippen LogP contribution in [0.1, 0.15) is 27.7 Å². The predicted octanol–water partition coefficient (Wildman–Crippen LogP) is 1.49. The number of hydrogen-bond donors (Lipinski definition) is 1. The summed E-state index contributed by atoms with van der Waals surface area (Å²) < 4.78 is 11.0. The van der Waals surface area contributed by atoms with Crippen LogP contribution in [0.4, 0.5) is 0 Å². The lowest BCUT2D eigenvalue weighted by Crippen LogP contribution is -2.48. The van der Waals surface area contributed by atoms with E-state index in [9.17, 15) is 4.79 Å². The third-order valence-corrected chi connectivity index (χ3v) is 2.56. The Morgan fingerprint density at radius 3 is 2.64 bits per heavy atom. The fraction of sp³-hybridized carbons (Fsp3) is 0.900. The summed E-state index contributed by atoms with van der Waals surface area (Å²) in [6.07, 6.45) is -0.267. The number of carboxylic acid groups (broad SMARTS) is 1. The van der Waals surface area contributed by atoms with Crippen molar-refractivity contribution in [2.24, 2.45) is 11.8 Å². The molecule has 0 saturated carbocycles. The maximum atomic E-state index is 10.8. The van der Waals surface area contributed by atoms with Gasteiger partial charge in [0, 0.05) is 5.92 Å². The molecule has 4 nitrogen and oxygen atoms in total. The smallest absolute Gasteiger partial charge is 0.308 e. The van der Waals surface area contributed by atoms with E-state index in [-0.39, 0.29) is 12.0 Å². The molecular weight excluding hydrogens is 184 g/mol. The minimum atomic E-state index is -0.820. The molecule has 4 heteroatoms. The summed E-state index contributed by atoms with van der Waals surface area (Å²) in [5.74, 6) is -1.86. The molecule has 0 aromatic rings. The van der Waals surface area contributed by atoms with Gasteiger partial charge in [-0.2, -0.15) is 0 Å². The summed E-state index contributed by atoms with van der Waals surface area (Å²) >= 11 is 0. The standard InChI is InChI=1S/C10H18O4/c1-6-5-13-10(3,4)14-8(6)7(2)9(11)12/h6-8H,5H2,1-4H3,(H,11,12). The van der Waals surface area contributed by atoms with E-state index >= 15 is 0 Å². The molecule has 1 aliphatic heterocycles. The molecule has 1 fully saturated rings. The Bertz CT molecular complexity index is 224. The molecule has 1 N–H and O–H groups in total. The van der Waals surface area contributed by atoms with Crippen LogP contribution in [0.2, 0.25) is 0 Å². The van der Waals surface area contributed by atoms with Crippen molar-refractivity contribution in [2.45, 2.75) is 39.6 Å². The zero-order chi connectivity index (χ0) is 10.9. The highest BCUT2D eigenvalue weighted by atomic mass is 16.7. The maximum absolute atomic E-state index is 10.8. The molecule has 1 aliphatic rings. The van der Waals surface area contributed by atoms with E-state index in [0.29, 0.717) is 6.61 Å². The topological polar surface area (TPSA) is 55.8 Å². The minimum absolute atomic E-state index is 0.120. The Hall–Kier alpha value is -0.610.